The highest BCUT2D eigenvalue weighted by atomic mass is 32.2. The van der Waals surface area contributed by atoms with Gasteiger partial charge in [0.1, 0.15) is 5.03 Å². The van der Waals surface area contributed by atoms with Crippen LogP contribution in [-0.4, -0.2) is 42.5 Å². The molecule has 0 amide bonds. The molecule has 0 bridgehead atoms. The third-order valence-electron chi connectivity index (χ3n) is 3.62. The van der Waals surface area contributed by atoms with E-state index in [0.29, 0.717) is 5.95 Å². The smallest absolute Gasteiger partial charge is 0.228 e. The van der Waals surface area contributed by atoms with Gasteiger partial charge < -0.3 is 15.0 Å². The zero-order chi connectivity index (χ0) is 15.4. The van der Waals surface area contributed by atoms with Crippen molar-refractivity contribution in [1.82, 2.24) is 9.97 Å². The first-order chi connectivity index (χ1) is 10.8. The number of hydrogen-bond donors (Lipinski definition) is 1. The predicted octanol–water partition coefficient (Wildman–Crippen LogP) is 3.09. The number of nitrogens with one attached hydrogen (secondary N) is 1. The van der Waals surface area contributed by atoms with Gasteiger partial charge in [0.2, 0.25) is 5.95 Å². The Morgan fingerprint density at radius 1 is 1.18 bits per heavy atom. The summed E-state index contributed by atoms with van der Waals surface area (Å²) in [6, 6.07) is 8.37. The number of benzene rings is 1. The molecule has 0 spiro atoms. The van der Waals surface area contributed by atoms with E-state index in [1.54, 1.807) is 11.8 Å². The highest BCUT2D eigenvalue weighted by Crippen LogP contribution is 2.22. The van der Waals surface area contributed by atoms with E-state index in [1.807, 2.05) is 19.4 Å². The van der Waals surface area contributed by atoms with E-state index in [9.17, 15) is 0 Å². The van der Waals surface area contributed by atoms with Gasteiger partial charge in [0.05, 0.1) is 13.2 Å². The Morgan fingerprint density at radius 2 is 1.91 bits per heavy atom. The van der Waals surface area contributed by atoms with Crippen molar-refractivity contribution in [2.45, 2.75) is 11.9 Å². The molecule has 1 fully saturated rings. The fraction of sp³-hybridized carbons (Fsp3) is 0.375. The number of thioether (sulfide) groups is 1. The number of rotatable bonds is 4. The molecule has 0 radical (unpaired) electrons. The summed E-state index contributed by atoms with van der Waals surface area (Å²) >= 11 is 1.63. The van der Waals surface area contributed by atoms with Crippen LogP contribution in [0, 0.1) is 6.92 Å². The third kappa shape index (κ3) is 3.51. The van der Waals surface area contributed by atoms with Gasteiger partial charge in [-0.25, -0.2) is 9.97 Å². The van der Waals surface area contributed by atoms with Gasteiger partial charge in [-0.15, -0.1) is 11.8 Å². The van der Waals surface area contributed by atoms with Crippen molar-refractivity contribution in [2.24, 2.45) is 0 Å². The topological polar surface area (TPSA) is 50.3 Å². The molecule has 1 aromatic heterocycles. The summed E-state index contributed by atoms with van der Waals surface area (Å²) in [5.41, 5.74) is 3.32. The molecule has 3 rings (SSSR count). The van der Waals surface area contributed by atoms with Crippen molar-refractivity contribution in [3.8, 4) is 0 Å². The monoisotopic (exact) mass is 316 g/mol. The van der Waals surface area contributed by atoms with Crippen LogP contribution in [0.2, 0.25) is 0 Å². The van der Waals surface area contributed by atoms with Crippen LogP contribution in [-0.2, 0) is 4.74 Å². The molecule has 0 saturated carbocycles. The lowest BCUT2D eigenvalue weighted by atomic mass is 10.2. The van der Waals surface area contributed by atoms with Gasteiger partial charge >= 0.3 is 0 Å². The third-order valence-corrected chi connectivity index (χ3v) is 4.42. The van der Waals surface area contributed by atoms with E-state index >= 15 is 0 Å². The summed E-state index contributed by atoms with van der Waals surface area (Å²) in [5, 5.41) is 4.26. The molecule has 0 atom stereocenters. The standard InChI is InChI=1S/C16H20N4OS/c1-12-11-17-16(19-15(12)22-2)18-13-3-5-14(6-4-13)20-7-9-21-10-8-20/h3-6,11H,7-10H2,1-2H3,(H,17,18,19). The lowest BCUT2D eigenvalue weighted by molar-refractivity contribution is 0.122. The number of morpholine rings is 1. The molecule has 2 aromatic rings. The highest BCUT2D eigenvalue weighted by Gasteiger charge is 2.11. The second-order valence-electron chi connectivity index (χ2n) is 5.16. The van der Waals surface area contributed by atoms with Crippen molar-refractivity contribution in [2.75, 3.05) is 42.8 Å². The van der Waals surface area contributed by atoms with E-state index in [0.717, 1.165) is 42.6 Å². The highest BCUT2D eigenvalue weighted by molar-refractivity contribution is 7.98. The van der Waals surface area contributed by atoms with Gasteiger partial charge in [0, 0.05) is 30.7 Å². The van der Waals surface area contributed by atoms with Crippen molar-refractivity contribution in [3.05, 3.63) is 36.0 Å². The number of hydrogen-bond acceptors (Lipinski definition) is 6. The summed E-state index contributed by atoms with van der Waals surface area (Å²) in [7, 11) is 0. The summed E-state index contributed by atoms with van der Waals surface area (Å²) in [4.78, 5) is 11.2. The minimum Gasteiger partial charge on any atom is -0.378 e. The van der Waals surface area contributed by atoms with Gasteiger partial charge in [-0.1, -0.05) is 0 Å². The van der Waals surface area contributed by atoms with Gasteiger partial charge in [0.15, 0.2) is 0 Å². The molecule has 0 aliphatic carbocycles. The Balaban J connectivity index is 1.70. The van der Waals surface area contributed by atoms with Gasteiger partial charge in [-0.3, -0.25) is 0 Å². The van der Waals surface area contributed by atoms with Crippen molar-refractivity contribution in [1.29, 1.82) is 0 Å². The summed E-state index contributed by atoms with van der Waals surface area (Å²) in [6.45, 7) is 5.52. The number of nitrogens with zero attached hydrogens (tertiary/aromatic N) is 3. The predicted molar refractivity (Wildman–Crippen MR) is 91.3 cm³/mol. The Hall–Kier alpha value is -1.79. The fourth-order valence-electron chi connectivity index (χ4n) is 2.40. The zero-order valence-electron chi connectivity index (χ0n) is 12.9. The summed E-state index contributed by atoms with van der Waals surface area (Å²) in [6.07, 6.45) is 3.87. The van der Waals surface area contributed by atoms with E-state index in [2.05, 4.69) is 44.5 Å². The molecule has 6 heteroatoms. The quantitative estimate of drug-likeness (QED) is 0.691. The van der Waals surface area contributed by atoms with Crippen LogP contribution in [0.1, 0.15) is 5.56 Å². The lowest BCUT2D eigenvalue weighted by Crippen LogP contribution is -2.36. The lowest BCUT2D eigenvalue weighted by Gasteiger charge is -2.28. The molecular weight excluding hydrogens is 296 g/mol. The molecule has 22 heavy (non-hydrogen) atoms. The molecule has 1 aliphatic heterocycles. The zero-order valence-corrected chi connectivity index (χ0v) is 13.7. The minimum atomic E-state index is 0.633. The molecule has 5 nitrogen and oxygen atoms in total. The number of aryl methyl sites for hydroxylation is 1. The van der Waals surface area contributed by atoms with Crippen LogP contribution in [0.15, 0.2) is 35.5 Å². The maximum Gasteiger partial charge on any atom is 0.228 e. The minimum absolute atomic E-state index is 0.633. The molecule has 1 N–H and O–H groups in total. The Kier molecular flexibility index (Phi) is 4.80. The number of anilines is 3. The van der Waals surface area contributed by atoms with Crippen LogP contribution in [0.25, 0.3) is 0 Å². The van der Waals surface area contributed by atoms with Crippen molar-refractivity contribution in [3.63, 3.8) is 0 Å². The SMILES string of the molecule is CSc1nc(Nc2ccc(N3CCOCC3)cc2)ncc1C. The molecule has 1 aliphatic rings. The van der Waals surface area contributed by atoms with E-state index in [1.165, 1.54) is 5.69 Å². The Morgan fingerprint density at radius 3 is 2.59 bits per heavy atom. The largest absolute Gasteiger partial charge is 0.378 e. The molecular formula is C16H20N4OS. The maximum absolute atomic E-state index is 5.38. The normalized spacial score (nSPS) is 14.9. The first kappa shape index (κ1) is 15.1. The van der Waals surface area contributed by atoms with Crippen molar-refractivity contribution >= 4 is 29.1 Å². The molecule has 0 unspecified atom stereocenters. The summed E-state index contributed by atoms with van der Waals surface area (Å²) < 4.78 is 5.38. The fourth-order valence-corrected chi connectivity index (χ4v) is 2.95. The molecule has 1 aromatic carbocycles. The molecule has 2 heterocycles. The Bertz CT molecular complexity index is 627. The van der Waals surface area contributed by atoms with Gasteiger partial charge in [0.25, 0.3) is 0 Å². The number of aromatic nitrogens is 2. The molecule has 116 valence electrons. The maximum atomic E-state index is 5.38. The van der Waals surface area contributed by atoms with Gasteiger partial charge in [-0.2, -0.15) is 0 Å². The first-order valence-electron chi connectivity index (χ1n) is 7.33. The average molecular weight is 316 g/mol. The average Bonchev–Trinajstić information content (AvgIpc) is 2.58. The van der Waals surface area contributed by atoms with Crippen LogP contribution >= 0.6 is 11.8 Å². The van der Waals surface area contributed by atoms with Crippen LogP contribution in [0.3, 0.4) is 0 Å². The van der Waals surface area contributed by atoms with E-state index < -0.39 is 0 Å². The molecule has 1 saturated heterocycles. The van der Waals surface area contributed by atoms with E-state index in [4.69, 9.17) is 4.74 Å². The van der Waals surface area contributed by atoms with Gasteiger partial charge in [-0.05, 0) is 43.0 Å². The second kappa shape index (κ2) is 6.98. The summed E-state index contributed by atoms with van der Waals surface area (Å²) in [5.74, 6) is 0.633. The van der Waals surface area contributed by atoms with Crippen LogP contribution in [0.5, 0.6) is 0 Å². The van der Waals surface area contributed by atoms with Crippen LogP contribution in [0.4, 0.5) is 17.3 Å². The van der Waals surface area contributed by atoms with E-state index in [-0.39, 0.29) is 0 Å². The second-order valence-corrected chi connectivity index (χ2v) is 5.95. The van der Waals surface area contributed by atoms with Crippen molar-refractivity contribution < 1.29 is 4.74 Å². The number of ether oxygens (including phenoxy) is 1. The Labute approximate surface area is 135 Å². The first-order valence-corrected chi connectivity index (χ1v) is 8.56. The van der Waals surface area contributed by atoms with Crippen LogP contribution < -0.4 is 10.2 Å².